The molecule has 0 aromatic heterocycles. The van der Waals surface area contributed by atoms with Crippen molar-refractivity contribution in [2.75, 3.05) is 12.9 Å². The Kier molecular flexibility index (Phi) is 11.0. The molecule has 0 heterocycles. The molecule has 0 aromatic carbocycles. The van der Waals surface area contributed by atoms with Crippen molar-refractivity contribution in [2.24, 2.45) is 0 Å². The fraction of sp³-hybridized carbons (Fsp3) is 0.818. The molecule has 7 heteroatoms. The monoisotopic (exact) mass is 282 g/mol. The van der Waals surface area contributed by atoms with Gasteiger partial charge in [-0.05, 0) is 19.8 Å². The van der Waals surface area contributed by atoms with Crippen molar-refractivity contribution < 1.29 is 27.7 Å². The van der Waals surface area contributed by atoms with Crippen LogP contribution in [0.15, 0.2) is 0 Å². The molecule has 0 atom stereocenters. The minimum absolute atomic E-state index is 0. The Labute approximate surface area is 108 Å². The smallest absolute Gasteiger partial charge is 0.264 e. The van der Waals surface area contributed by atoms with E-state index < -0.39 is 10.1 Å². The lowest BCUT2D eigenvalue weighted by molar-refractivity contribution is -0.125. The summed E-state index contributed by atoms with van der Waals surface area (Å²) in [6.45, 7) is 1.60. The molecule has 0 fully saturated rings. The Morgan fingerprint density at radius 1 is 1.06 bits per heavy atom. The van der Waals surface area contributed by atoms with Gasteiger partial charge in [0, 0.05) is 6.42 Å². The Bertz CT molecular complexity index is 347. The van der Waals surface area contributed by atoms with Crippen LogP contribution in [0, 0.1) is 0 Å². The zero-order valence-electron chi connectivity index (χ0n) is 10.9. The summed E-state index contributed by atoms with van der Waals surface area (Å²) in [6, 6.07) is 0. The van der Waals surface area contributed by atoms with Gasteiger partial charge in [0.1, 0.15) is 11.6 Å². The predicted octanol–water partition coefficient (Wildman–Crippen LogP) is 0.637. The summed E-state index contributed by atoms with van der Waals surface area (Å²) in [6.07, 6.45) is 4.54. The molecule has 0 spiro atoms. The van der Waals surface area contributed by atoms with E-state index in [-0.39, 0.29) is 30.1 Å². The van der Waals surface area contributed by atoms with Gasteiger partial charge in [0.2, 0.25) is 0 Å². The van der Waals surface area contributed by atoms with Crippen molar-refractivity contribution in [3.8, 4) is 0 Å². The van der Waals surface area contributed by atoms with Crippen molar-refractivity contribution in [1.82, 2.24) is 0 Å². The lowest BCUT2D eigenvalue weighted by Crippen LogP contribution is -2.05. The van der Waals surface area contributed by atoms with Gasteiger partial charge in [-0.15, -0.1) is 0 Å². The topological polar surface area (TPSA) is 109 Å². The third-order valence-corrected chi connectivity index (χ3v) is 2.69. The average molecular weight is 282 g/mol. The molecule has 2 N–H and O–H groups in total. The van der Waals surface area contributed by atoms with Crippen LogP contribution in [0.25, 0.3) is 0 Å². The van der Waals surface area contributed by atoms with Crippen molar-refractivity contribution >= 4 is 21.7 Å². The summed E-state index contributed by atoms with van der Waals surface area (Å²) >= 11 is 0. The van der Waals surface area contributed by atoms with E-state index in [9.17, 15) is 18.0 Å². The van der Waals surface area contributed by atoms with Gasteiger partial charge in [0.05, 0.1) is 19.3 Å². The summed E-state index contributed by atoms with van der Waals surface area (Å²) in [5.74, 6) is -0.124. The van der Waals surface area contributed by atoms with Crippen LogP contribution in [0.4, 0.5) is 0 Å². The number of rotatable bonds is 10. The predicted molar refractivity (Wildman–Crippen MR) is 67.8 cm³/mol. The largest absolute Gasteiger partial charge is 0.412 e. The fourth-order valence-electron chi connectivity index (χ4n) is 1.35. The summed E-state index contributed by atoms with van der Waals surface area (Å²) < 4.78 is 25.8. The molecule has 0 aliphatic heterocycles. The minimum Gasteiger partial charge on any atom is -0.412 e. The molecule has 18 heavy (non-hydrogen) atoms. The first-order valence-electron chi connectivity index (χ1n) is 5.67. The van der Waals surface area contributed by atoms with E-state index in [1.165, 1.54) is 6.92 Å². The van der Waals surface area contributed by atoms with Gasteiger partial charge in [-0.25, -0.2) is 0 Å². The number of hydrogen-bond donors (Lipinski definition) is 0. The molecule has 0 radical (unpaired) electrons. The average Bonchev–Trinajstić information content (AvgIpc) is 2.13. The van der Waals surface area contributed by atoms with Crippen LogP contribution in [0.5, 0.6) is 0 Å². The summed E-state index contributed by atoms with van der Waals surface area (Å²) in [5, 5.41) is 0. The summed E-state index contributed by atoms with van der Waals surface area (Å²) in [5.41, 5.74) is 0. The maximum absolute atomic E-state index is 11.1. The Balaban J connectivity index is 0. The Morgan fingerprint density at radius 3 is 2.11 bits per heavy atom. The molecule has 0 rings (SSSR count). The van der Waals surface area contributed by atoms with Gasteiger partial charge in [0.25, 0.3) is 10.1 Å². The second-order valence-corrected chi connectivity index (χ2v) is 5.75. The fourth-order valence-corrected chi connectivity index (χ4v) is 1.77. The molecule has 0 aliphatic rings. The maximum atomic E-state index is 11.1. The standard InChI is InChI=1S/C11H20O5S.H2O/c1-10(12)9-11(13)7-5-3-4-6-8-16-17(2,14)15;/h3-9H2,1-2H3;1H2. The second-order valence-electron chi connectivity index (χ2n) is 4.11. The normalized spacial score (nSPS) is 10.8. The van der Waals surface area contributed by atoms with E-state index in [1.807, 2.05) is 0 Å². The Hall–Kier alpha value is -0.790. The Morgan fingerprint density at radius 2 is 1.61 bits per heavy atom. The molecule has 0 bridgehead atoms. The van der Waals surface area contributed by atoms with Gasteiger partial charge in [-0.3, -0.25) is 13.8 Å². The van der Waals surface area contributed by atoms with E-state index in [0.29, 0.717) is 12.8 Å². The highest BCUT2D eigenvalue weighted by Crippen LogP contribution is 2.06. The van der Waals surface area contributed by atoms with E-state index in [0.717, 1.165) is 25.5 Å². The highest BCUT2D eigenvalue weighted by molar-refractivity contribution is 7.85. The van der Waals surface area contributed by atoms with E-state index in [1.54, 1.807) is 0 Å². The lowest BCUT2D eigenvalue weighted by atomic mass is 10.1. The van der Waals surface area contributed by atoms with Crippen molar-refractivity contribution in [1.29, 1.82) is 0 Å². The van der Waals surface area contributed by atoms with Crippen LogP contribution in [0.3, 0.4) is 0 Å². The summed E-state index contributed by atoms with van der Waals surface area (Å²) in [7, 11) is -3.34. The highest BCUT2D eigenvalue weighted by Gasteiger charge is 2.05. The molecule has 6 nitrogen and oxygen atoms in total. The highest BCUT2D eigenvalue weighted by atomic mass is 32.2. The minimum atomic E-state index is -3.34. The van der Waals surface area contributed by atoms with Crippen molar-refractivity contribution in [2.45, 2.75) is 45.4 Å². The number of Topliss-reactive ketones (excluding diaryl/α,β-unsaturated/α-hetero) is 2. The van der Waals surface area contributed by atoms with Gasteiger partial charge >= 0.3 is 0 Å². The quantitative estimate of drug-likeness (QED) is 0.332. The van der Waals surface area contributed by atoms with Crippen LogP contribution in [-0.2, 0) is 23.9 Å². The molecule has 0 amide bonds. The first kappa shape index (κ1) is 19.5. The van der Waals surface area contributed by atoms with E-state index >= 15 is 0 Å². The molecular weight excluding hydrogens is 260 g/mol. The third kappa shape index (κ3) is 15.2. The molecule has 0 aliphatic carbocycles. The SMILES string of the molecule is CC(=O)CC(=O)CCCCCCOS(C)(=O)=O.O. The van der Waals surface area contributed by atoms with Crippen LogP contribution in [-0.4, -0.2) is 38.3 Å². The van der Waals surface area contributed by atoms with Crippen LogP contribution < -0.4 is 0 Å². The molecular formula is C11H22O6S. The zero-order chi connectivity index (χ0) is 13.3. The van der Waals surface area contributed by atoms with E-state index in [2.05, 4.69) is 4.18 Å². The van der Waals surface area contributed by atoms with Crippen LogP contribution in [0.1, 0.15) is 45.4 Å². The first-order chi connectivity index (χ1) is 7.81. The maximum Gasteiger partial charge on any atom is 0.264 e. The van der Waals surface area contributed by atoms with Crippen molar-refractivity contribution in [3.05, 3.63) is 0 Å². The second kappa shape index (κ2) is 10.2. The molecule has 0 unspecified atom stereocenters. The van der Waals surface area contributed by atoms with E-state index in [4.69, 9.17) is 0 Å². The van der Waals surface area contributed by atoms with Crippen LogP contribution in [0.2, 0.25) is 0 Å². The molecule has 0 saturated carbocycles. The number of hydrogen-bond acceptors (Lipinski definition) is 5. The number of ketones is 2. The van der Waals surface area contributed by atoms with Gasteiger partial charge < -0.3 is 5.48 Å². The number of carbonyl (C=O) groups excluding carboxylic acids is 2. The molecule has 0 aromatic rings. The summed E-state index contributed by atoms with van der Waals surface area (Å²) in [4.78, 5) is 21.8. The number of unbranched alkanes of at least 4 members (excludes halogenated alkanes) is 3. The van der Waals surface area contributed by atoms with Gasteiger partial charge in [-0.1, -0.05) is 12.8 Å². The molecule has 0 saturated heterocycles. The zero-order valence-corrected chi connectivity index (χ0v) is 11.7. The first-order valence-corrected chi connectivity index (χ1v) is 7.48. The van der Waals surface area contributed by atoms with Crippen molar-refractivity contribution in [3.63, 3.8) is 0 Å². The third-order valence-electron chi connectivity index (χ3n) is 2.09. The molecule has 108 valence electrons. The van der Waals surface area contributed by atoms with Gasteiger partial charge in [-0.2, -0.15) is 8.42 Å². The van der Waals surface area contributed by atoms with Gasteiger partial charge in [0.15, 0.2) is 0 Å². The van der Waals surface area contributed by atoms with Crippen LogP contribution >= 0.6 is 0 Å². The lowest BCUT2D eigenvalue weighted by Gasteiger charge is -2.01. The number of carbonyl (C=O) groups is 2.